The predicted octanol–water partition coefficient (Wildman–Crippen LogP) is 3.94. The van der Waals surface area contributed by atoms with E-state index in [4.69, 9.17) is 4.42 Å². The SMILES string of the molecule is Cc1coc(-c2cc(NC(=O)C3CCC4C[C@@H]43)ccc2C)n1. The number of benzene rings is 1. The number of rotatable bonds is 3. The molecule has 3 atom stereocenters. The number of hydrogen-bond acceptors (Lipinski definition) is 3. The molecule has 4 rings (SSSR count). The first-order valence-corrected chi connectivity index (χ1v) is 7.96. The van der Waals surface area contributed by atoms with E-state index in [1.54, 1.807) is 6.26 Å². The van der Waals surface area contributed by atoms with Crippen LogP contribution in [-0.2, 0) is 4.79 Å². The van der Waals surface area contributed by atoms with Crippen molar-refractivity contribution in [1.82, 2.24) is 4.98 Å². The Hall–Kier alpha value is -2.10. The summed E-state index contributed by atoms with van der Waals surface area (Å²) >= 11 is 0. The monoisotopic (exact) mass is 296 g/mol. The van der Waals surface area contributed by atoms with Crippen LogP contribution in [0.3, 0.4) is 0 Å². The molecule has 114 valence electrons. The molecule has 1 aromatic carbocycles. The van der Waals surface area contributed by atoms with E-state index in [2.05, 4.69) is 10.3 Å². The molecule has 1 N–H and O–H groups in total. The van der Waals surface area contributed by atoms with Gasteiger partial charge in [0, 0.05) is 17.2 Å². The molecule has 22 heavy (non-hydrogen) atoms. The van der Waals surface area contributed by atoms with Crippen molar-refractivity contribution in [3.8, 4) is 11.5 Å². The first-order chi connectivity index (χ1) is 10.6. The Morgan fingerprint density at radius 3 is 2.82 bits per heavy atom. The fourth-order valence-corrected chi connectivity index (χ4v) is 3.67. The average Bonchev–Trinajstić information content (AvgIpc) is 2.93. The zero-order valence-corrected chi connectivity index (χ0v) is 12.9. The Kier molecular flexibility index (Phi) is 3.06. The molecule has 2 fully saturated rings. The number of oxazole rings is 1. The van der Waals surface area contributed by atoms with E-state index < -0.39 is 0 Å². The minimum Gasteiger partial charge on any atom is -0.444 e. The molecule has 4 heteroatoms. The zero-order chi connectivity index (χ0) is 15.3. The Balaban J connectivity index is 1.56. The van der Waals surface area contributed by atoms with Crippen LogP contribution in [0.15, 0.2) is 28.9 Å². The summed E-state index contributed by atoms with van der Waals surface area (Å²) in [7, 11) is 0. The Morgan fingerprint density at radius 2 is 2.18 bits per heavy atom. The molecular formula is C18H20N2O2. The van der Waals surface area contributed by atoms with Crippen molar-refractivity contribution in [2.24, 2.45) is 17.8 Å². The van der Waals surface area contributed by atoms with E-state index in [0.717, 1.165) is 34.8 Å². The Labute approximate surface area is 129 Å². The minimum atomic E-state index is 0.170. The van der Waals surface area contributed by atoms with E-state index in [1.807, 2.05) is 32.0 Å². The van der Waals surface area contributed by atoms with Gasteiger partial charge >= 0.3 is 0 Å². The third-order valence-electron chi connectivity index (χ3n) is 5.03. The largest absolute Gasteiger partial charge is 0.444 e. The molecule has 2 aliphatic carbocycles. The van der Waals surface area contributed by atoms with Crippen LogP contribution in [0, 0.1) is 31.6 Å². The van der Waals surface area contributed by atoms with Crippen LogP contribution in [0.2, 0.25) is 0 Å². The van der Waals surface area contributed by atoms with Crippen molar-refractivity contribution in [2.45, 2.75) is 33.1 Å². The highest BCUT2D eigenvalue weighted by Crippen LogP contribution is 2.55. The van der Waals surface area contributed by atoms with Gasteiger partial charge < -0.3 is 9.73 Å². The van der Waals surface area contributed by atoms with Gasteiger partial charge in [0.2, 0.25) is 11.8 Å². The molecule has 1 heterocycles. The van der Waals surface area contributed by atoms with Gasteiger partial charge in [-0.25, -0.2) is 4.98 Å². The van der Waals surface area contributed by atoms with Crippen LogP contribution in [0.1, 0.15) is 30.5 Å². The molecule has 0 radical (unpaired) electrons. The Morgan fingerprint density at radius 1 is 1.32 bits per heavy atom. The zero-order valence-electron chi connectivity index (χ0n) is 12.9. The molecule has 0 aliphatic heterocycles. The maximum atomic E-state index is 12.4. The van der Waals surface area contributed by atoms with E-state index in [-0.39, 0.29) is 11.8 Å². The number of aryl methyl sites for hydroxylation is 2. The number of hydrogen-bond donors (Lipinski definition) is 1. The van der Waals surface area contributed by atoms with Gasteiger partial charge in [-0.15, -0.1) is 0 Å². The van der Waals surface area contributed by atoms with Crippen LogP contribution in [0.25, 0.3) is 11.5 Å². The van der Waals surface area contributed by atoms with Crippen molar-refractivity contribution in [3.05, 3.63) is 35.7 Å². The predicted molar refractivity (Wildman–Crippen MR) is 84.4 cm³/mol. The molecule has 2 saturated carbocycles. The first-order valence-electron chi connectivity index (χ1n) is 7.96. The normalized spacial score (nSPS) is 25.8. The second-order valence-corrected chi connectivity index (χ2v) is 6.66. The number of amides is 1. The molecular weight excluding hydrogens is 276 g/mol. The highest BCUT2D eigenvalue weighted by Gasteiger charge is 2.50. The minimum absolute atomic E-state index is 0.170. The van der Waals surface area contributed by atoms with Crippen LogP contribution >= 0.6 is 0 Å². The number of anilines is 1. The maximum absolute atomic E-state index is 12.4. The molecule has 2 unspecified atom stereocenters. The van der Waals surface area contributed by atoms with Gasteiger partial charge in [-0.2, -0.15) is 0 Å². The van der Waals surface area contributed by atoms with Gasteiger partial charge in [0.25, 0.3) is 0 Å². The fraction of sp³-hybridized carbons (Fsp3) is 0.444. The van der Waals surface area contributed by atoms with Crippen molar-refractivity contribution >= 4 is 11.6 Å². The van der Waals surface area contributed by atoms with Gasteiger partial charge in [0.05, 0.1) is 5.69 Å². The molecule has 2 aromatic rings. The molecule has 0 spiro atoms. The average molecular weight is 296 g/mol. The number of aromatic nitrogens is 1. The number of nitrogens with one attached hydrogen (secondary N) is 1. The summed E-state index contributed by atoms with van der Waals surface area (Å²) < 4.78 is 5.49. The van der Waals surface area contributed by atoms with E-state index in [0.29, 0.717) is 11.8 Å². The van der Waals surface area contributed by atoms with Gasteiger partial charge in [0.15, 0.2) is 0 Å². The van der Waals surface area contributed by atoms with Crippen LogP contribution in [-0.4, -0.2) is 10.9 Å². The molecule has 0 saturated heterocycles. The number of fused-ring (bicyclic) bond motifs is 1. The maximum Gasteiger partial charge on any atom is 0.227 e. The summed E-state index contributed by atoms with van der Waals surface area (Å²) in [5, 5.41) is 3.08. The lowest BCUT2D eigenvalue weighted by Crippen LogP contribution is -2.22. The smallest absolute Gasteiger partial charge is 0.227 e. The van der Waals surface area contributed by atoms with Crippen LogP contribution in [0.4, 0.5) is 5.69 Å². The summed E-state index contributed by atoms with van der Waals surface area (Å²) in [5.74, 6) is 2.44. The second-order valence-electron chi connectivity index (χ2n) is 6.66. The van der Waals surface area contributed by atoms with E-state index in [9.17, 15) is 4.79 Å². The summed E-state index contributed by atoms with van der Waals surface area (Å²) in [6.07, 6.45) is 5.15. The topological polar surface area (TPSA) is 55.1 Å². The lowest BCUT2D eigenvalue weighted by Gasteiger charge is -2.13. The van der Waals surface area contributed by atoms with Gasteiger partial charge in [0.1, 0.15) is 6.26 Å². The molecule has 0 bridgehead atoms. The van der Waals surface area contributed by atoms with Crippen molar-refractivity contribution in [3.63, 3.8) is 0 Å². The van der Waals surface area contributed by atoms with E-state index >= 15 is 0 Å². The molecule has 1 amide bonds. The Bertz CT molecular complexity index is 734. The summed E-state index contributed by atoms with van der Waals surface area (Å²) in [4.78, 5) is 16.8. The summed E-state index contributed by atoms with van der Waals surface area (Å²) in [6.45, 7) is 3.92. The molecule has 4 nitrogen and oxygen atoms in total. The first kappa shape index (κ1) is 13.6. The quantitative estimate of drug-likeness (QED) is 0.933. The second kappa shape index (κ2) is 4.97. The lowest BCUT2D eigenvalue weighted by atomic mass is 10.0. The summed E-state index contributed by atoms with van der Waals surface area (Å²) in [5.41, 5.74) is 3.70. The third kappa shape index (κ3) is 2.32. The van der Waals surface area contributed by atoms with Gasteiger partial charge in [-0.1, -0.05) is 6.07 Å². The van der Waals surface area contributed by atoms with Crippen molar-refractivity contribution in [1.29, 1.82) is 0 Å². The van der Waals surface area contributed by atoms with Gasteiger partial charge in [-0.3, -0.25) is 4.79 Å². The van der Waals surface area contributed by atoms with Crippen LogP contribution < -0.4 is 5.32 Å². The van der Waals surface area contributed by atoms with Crippen molar-refractivity contribution in [2.75, 3.05) is 5.32 Å². The molecule has 2 aliphatic rings. The fourth-order valence-electron chi connectivity index (χ4n) is 3.67. The lowest BCUT2D eigenvalue weighted by molar-refractivity contribution is -0.120. The third-order valence-corrected chi connectivity index (χ3v) is 5.03. The van der Waals surface area contributed by atoms with E-state index in [1.165, 1.54) is 12.8 Å². The molecule has 1 aromatic heterocycles. The van der Waals surface area contributed by atoms with Crippen LogP contribution in [0.5, 0.6) is 0 Å². The number of carbonyl (C=O) groups is 1. The number of carbonyl (C=O) groups excluding carboxylic acids is 1. The number of nitrogens with zero attached hydrogens (tertiary/aromatic N) is 1. The van der Waals surface area contributed by atoms with Gasteiger partial charge in [-0.05, 0) is 62.6 Å². The summed E-state index contributed by atoms with van der Waals surface area (Å²) in [6, 6.07) is 5.91. The van der Waals surface area contributed by atoms with Crippen molar-refractivity contribution < 1.29 is 9.21 Å². The standard InChI is InChI=1S/C18H20N2O2/c1-10-3-5-13(8-15(10)18-19-11(2)9-22-18)20-17(21)14-6-4-12-7-16(12)14/h3,5,8-9,12,14,16H,4,6-7H2,1-2H3,(H,20,21)/t12?,14?,16-/m0/s1. The highest BCUT2D eigenvalue weighted by atomic mass is 16.3. The highest BCUT2D eigenvalue weighted by molar-refractivity contribution is 5.94.